The summed E-state index contributed by atoms with van der Waals surface area (Å²) < 4.78 is 5.24. The molecule has 0 unspecified atom stereocenters. The summed E-state index contributed by atoms with van der Waals surface area (Å²) in [6.07, 6.45) is 0.997. The Hall–Kier alpha value is -2.20. The van der Waals surface area contributed by atoms with Crippen LogP contribution in [0.4, 0.5) is 0 Å². The number of methoxy groups -OCH3 is 1. The fraction of sp³-hybridized carbons (Fsp3) is 0.211. The summed E-state index contributed by atoms with van der Waals surface area (Å²) in [7, 11) is 1.69. The van der Waals surface area contributed by atoms with Crippen LogP contribution in [0.25, 0.3) is 5.70 Å². The maximum absolute atomic E-state index is 5.24. The molecule has 23 heavy (non-hydrogen) atoms. The minimum Gasteiger partial charge on any atom is -0.497 e. The molecule has 4 rings (SSSR count). The average molecular weight is 322 g/mol. The molecule has 0 radical (unpaired) electrons. The van der Waals surface area contributed by atoms with Gasteiger partial charge in [0.05, 0.1) is 18.8 Å². The van der Waals surface area contributed by atoms with Gasteiger partial charge in [0, 0.05) is 12.0 Å². The minimum absolute atomic E-state index is 0.335. The summed E-state index contributed by atoms with van der Waals surface area (Å²) in [6, 6.07) is 19.2. The van der Waals surface area contributed by atoms with Gasteiger partial charge in [0.15, 0.2) is 5.17 Å². The highest BCUT2D eigenvalue weighted by Gasteiger charge is 2.32. The number of ether oxygens (including phenoxy) is 1. The van der Waals surface area contributed by atoms with E-state index in [1.54, 1.807) is 18.9 Å². The van der Waals surface area contributed by atoms with Crippen molar-refractivity contribution in [2.75, 3.05) is 13.7 Å². The molecular formula is C19H18N2OS. The van der Waals surface area contributed by atoms with E-state index < -0.39 is 0 Å². The molecule has 2 aromatic rings. The summed E-state index contributed by atoms with van der Waals surface area (Å²) in [5.41, 5.74) is 3.80. The van der Waals surface area contributed by atoms with E-state index in [0.717, 1.165) is 23.9 Å². The summed E-state index contributed by atoms with van der Waals surface area (Å²) in [5.74, 6) is 0.886. The predicted molar refractivity (Wildman–Crippen MR) is 96.6 cm³/mol. The smallest absolute Gasteiger partial charge is 0.168 e. The molecule has 0 spiro atoms. The fourth-order valence-corrected chi connectivity index (χ4v) is 4.00. The Morgan fingerprint density at radius 1 is 1.13 bits per heavy atom. The second-order valence-corrected chi connectivity index (χ2v) is 6.55. The molecule has 4 heteroatoms. The Balaban J connectivity index is 1.49. The number of benzene rings is 2. The molecule has 116 valence electrons. The maximum Gasteiger partial charge on any atom is 0.168 e. The number of amidine groups is 1. The van der Waals surface area contributed by atoms with Crippen molar-refractivity contribution in [3.63, 3.8) is 0 Å². The Bertz CT molecular complexity index is 753. The number of rotatable bonds is 4. The highest BCUT2D eigenvalue weighted by molar-refractivity contribution is 8.16. The van der Waals surface area contributed by atoms with Crippen LogP contribution in [0.5, 0.6) is 5.75 Å². The number of nitrogens with zero attached hydrogens (tertiary/aromatic N) is 2. The first-order chi connectivity index (χ1) is 11.3. The van der Waals surface area contributed by atoms with Crippen molar-refractivity contribution in [3.05, 3.63) is 71.1 Å². The van der Waals surface area contributed by atoms with Gasteiger partial charge in [-0.2, -0.15) is 0 Å². The maximum atomic E-state index is 5.24. The standard InChI is InChI=1S/C19H18N2OS/c1-22-17-9-7-15(8-10-17)18-13-23-19-20-16(12-21(18)19)11-14-5-3-2-4-6-14/h2-10,13,16H,11-12H2,1H3/t16-/m0/s1. The van der Waals surface area contributed by atoms with Crippen molar-refractivity contribution < 1.29 is 4.74 Å². The first-order valence-corrected chi connectivity index (χ1v) is 8.62. The number of hydrogen-bond donors (Lipinski definition) is 0. The van der Waals surface area contributed by atoms with Crippen LogP contribution in [-0.2, 0) is 6.42 Å². The van der Waals surface area contributed by atoms with E-state index in [2.05, 4.69) is 52.8 Å². The van der Waals surface area contributed by atoms with E-state index in [4.69, 9.17) is 9.73 Å². The monoisotopic (exact) mass is 322 g/mol. The molecule has 0 aromatic heterocycles. The van der Waals surface area contributed by atoms with Crippen LogP contribution in [0.15, 0.2) is 65.0 Å². The molecule has 0 bridgehead atoms. The second-order valence-electron chi connectivity index (χ2n) is 5.72. The molecule has 0 saturated carbocycles. The van der Waals surface area contributed by atoms with Gasteiger partial charge in [-0.3, -0.25) is 4.99 Å². The Morgan fingerprint density at radius 3 is 2.65 bits per heavy atom. The van der Waals surface area contributed by atoms with E-state index in [1.165, 1.54) is 16.8 Å². The molecule has 0 fully saturated rings. The fourth-order valence-electron chi connectivity index (χ4n) is 3.01. The largest absolute Gasteiger partial charge is 0.497 e. The predicted octanol–water partition coefficient (Wildman–Crippen LogP) is 4.02. The molecule has 2 heterocycles. The van der Waals surface area contributed by atoms with E-state index in [0.29, 0.717) is 6.04 Å². The minimum atomic E-state index is 0.335. The summed E-state index contributed by atoms with van der Waals surface area (Å²) in [4.78, 5) is 7.22. The number of hydrogen-bond acceptors (Lipinski definition) is 4. The number of fused-ring (bicyclic) bond motifs is 1. The highest BCUT2D eigenvalue weighted by Crippen LogP contribution is 2.37. The molecule has 2 aromatic carbocycles. The van der Waals surface area contributed by atoms with E-state index in [1.807, 2.05) is 12.1 Å². The van der Waals surface area contributed by atoms with Gasteiger partial charge in [0.1, 0.15) is 5.75 Å². The molecular weight excluding hydrogens is 304 g/mol. The lowest BCUT2D eigenvalue weighted by molar-refractivity contribution is 0.414. The first-order valence-electron chi connectivity index (χ1n) is 7.74. The Kier molecular flexibility index (Phi) is 3.83. The topological polar surface area (TPSA) is 24.8 Å². The van der Waals surface area contributed by atoms with Gasteiger partial charge in [0.2, 0.25) is 0 Å². The van der Waals surface area contributed by atoms with Gasteiger partial charge in [0.25, 0.3) is 0 Å². The zero-order chi connectivity index (χ0) is 15.6. The molecule has 3 nitrogen and oxygen atoms in total. The lowest BCUT2D eigenvalue weighted by Gasteiger charge is -2.18. The van der Waals surface area contributed by atoms with E-state index in [9.17, 15) is 0 Å². The number of aliphatic imine (C=N–C) groups is 1. The highest BCUT2D eigenvalue weighted by atomic mass is 32.2. The van der Waals surface area contributed by atoms with Gasteiger partial charge in [-0.05, 0) is 41.8 Å². The van der Waals surface area contributed by atoms with Crippen LogP contribution in [0.2, 0.25) is 0 Å². The van der Waals surface area contributed by atoms with E-state index in [-0.39, 0.29) is 0 Å². The molecule has 0 N–H and O–H groups in total. The third-order valence-corrected chi connectivity index (χ3v) is 5.06. The SMILES string of the molecule is COc1ccc(C2=CSC3=N[C@@H](Cc4ccccc4)CN23)cc1. The van der Waals surface area contributed by atoms with Gasteiger partial charge in [-0.25, -0.2) is 0 Å². The normalized spacial score (nSPS) is 19.3. The summed E-state index contributed by atoms with van der Waals surface area (Å²) >= 11 is 1.72. The molecule has 1 atom stereocenters. The average Bonchev–Trinajstić information content (AvgIpc) is 3.16. The zero-order valence-corrected chi connectivity index (χ0v) is 13.8. The zero-order valence-electron chi connectivity index (χ0n) is 13.0. The third kappa shape index (κ3) is 2.86. The van der Waals surface area contributed by atoms with Crippen LogP contribution in [0, 0.1) is 0 Å². The van der Waals surface area contributed by atoms with Crippen LogP contribution < -0.4 is 4.74 Å². The Labute approximate surface area is 140 Å². The summed E-state index contributed by atoms with van der Waals surface area (Å²) in [6.45, 7) is 0.953. The van der Waals surface area contributed by atoms with Crippen LogP contribution in [-0.4, -0.2) is 29.8 Å². The second kappa shape index (κ2) is 6.13. The third-order valence-electron chi connectivity index (χ3n) is 4.18. The van der Waals surface area contributed by atoms with Crippen molar-refractivity contribution in [1.82, 2.24) is 4.90 Å². The summed E-state index contributed by atoms with van der Waals surface area (Å²) in [5, 5.41) is 3.32. The molecule has 0 saturated heterocycles. The van der Waals surface area contributed by atoms with Gasteiger partial charge in [-0.15, -0.1) is 0 Å². The molecule has 2 aliphatic heterocycles. The van der Waals surface area contributed by atoms with Crippen LogP contribution >= 0.6 is 11.8 Å². The lowest BCUT2D eigenvalue weighted by Crippen LogP contribution is -2.24. The Morgan fingerprint density at radius 2 is 1.91 bits per heavy atom. The molecule has 0 aliphatic carbocycles. The van der Waals surface area contributed by atoms with Crippen LogP contribution in [0.3, 0.4) is 0 Å². The van der Waals surface area contributed by atoms with Crippen molar-refractivity contribution in [1.29, 1.82) is 0 Å². The van der Waals surface area contributed by atoms with Gasteiger partial charge < -0.3 is 9.64 Å². The van der Waals surface area contributed by atoms with Crippen molar-refractivity contribution in [2.45, 2.75) is 12.5 Å². The molecule has 0 amide bonds. The number of thioether (sulfide) groups is 1. The van der Waals surface area contributed by atoms with Gasteiger partial charge >= 0.3 is 0 Å². The van der Waals surface area contributed by atoms with E-state index >= 15 is 0 Å². The first kappa shape index (κ1) is 14.4. The van der Waals surface area contributed by atoms with Crippen LogP contribution in [0.1, 0.15) is 11.1 Å². The lowest BCUT2D eigenvalue weighted by atomic mass is 10.1. The van der Waals surface area contributed by atoms with Gasteiger partial charge in [-0.1, -0.05) is 42.1 Å². The molecule has 2 aliphatic rings. The van der Waals surface area contributed by atoms with Crippen molar-refractivity contribution >= 4 is 22.6 Å². The van der Waals surface area contributed by atoms with Crippen molar-refractivity contribution in [2.24, 2.45) is 4.99 Å². The quantitative estimate of drug-likeness (QED) is 0.850. The van der Waals surface area contributed by atoms with Crippen molar-refractivity contribution in [3.8, 4) is 5.75 Å².